The summed E-state index contributed by atoms with van der Waals surface area (Å²) in [6.45, 7) is 10.1. The summed E-state index contributed by atoms with van der Waals surface area (Å²) < 4.78 is 4.48. The van der Waals surface area contributed by atoms with Crippen LogP contribution < -0.4 is 9.13 Å². The summed E-state index contributed by atoms with van der Waals surface area (Å²) in [6, 6.07) is 17.6. The Bertz CT molecular complexity index is 1270. The van der Waals surface area contributed by atoms with E-state index in [1.54, 1.807) is 0 Å². The predicted molar refractivity (Wildman–Crippen MR) is 129 cm³/mol. The van der Waals surface area contributed by atoms with Gasteiger partial charge in [-0.2, -0.15) is 4.57 Å². The molecule has 32 heavy (non-hydrogen) atoms. The summed E-state index contributed by atoms with van der Waals surface area (Å²) in [7, 11) is 0. The van der Waals surface area contributed by atoms with Crippen molar-refractivity contribution in [3.05, 3.63) is 96.2 Å². The summed E-state index contributed by atoms with van der Waals surface area (Å²) in [5, 5.41) is 0. The number of aryl methyl sites for hydroxylation is 2. The molecule has 0 amide bonds. The first-order chi connectivity index (χ1) is 15.5. The summed E-state index contributed by atoms with van der Waals surface area (Å²) >= 11 is 0. The molecule has 0 atom stereocenters. The van der Waals surface area contributed by atoms with Gasteiger partial charge in [0.25, 0.3) is 0 Å². The van der Waals surface area contributed by atoms with Gasteiger partial charge in [0, 0.05) is 65.1 Å². The van der Waals surface area contributed by atoms with Gasteiger partial charge in [0.1, 0.15) is 6.54 Å². The van der Waals surface area contributed by atoms with E-state index in [9.17, 15) is 0 Å². The molecule has 0 N–H and O–H groups in total. The fraction of sp³-hybridized carbons (Fsp3) is 0.276. The lowest BCUT2D eigenvalue weighted by molar-refractivity contribution is -0.697. The van der Waals surface area contributed by atoms with E-state index in [1.807, 2.05) is 0 Å². The zero-order chi connectivity index (χ0) is 22.3. The van der Waals surface area contributed by atoms with E-state index < -0.39 is 0 Å². The van der Waals surface area contributed by atoms with Gasteiger partial charge in [-0.3, -0.25) is 4.98 Å². The third-order valence-electron chi connectivity index (χ3n) is 6.79. The molecule has 3 nitrogen and oxygen atoms in total. The first-order valence-electron chi connectivity index (χ1n) is 11.6. The van der Waals surface area contributed by atoms with Crippen LogP contribution in [-0.2, 0) is 12.0 Å². The number of aromatic nitrogens is 3. The highest BCUT2D eigenvalue weighted by Gasteiger charge is 2.38. The van der Waals surface area contributed by atoms with Crippen LogP contribution in [0.25, 0.3) is 28.1 Å². The average molecular weight is 422 g/mol. The lowest BCUT2D eigenvalue weighted by Gasteiger charge is -2.20. The van der Waals surface area contributed by atoms with Crippen molar-refractivity contribution in [1.82, 2.24) is 4.98 Å². The maximum atomic E-state index is 4.85. The number of hydrogen-bond acceptors (Lipinski definition) is 1. The van der Waals surface area contributed by atoms with Gasteiger partial charge in [0.15, 0.2) is 24.8 Å². The fourth-order valence-electron chi connectivity index (χ4n) is 4.71. The molecule has 0 radical (unpaired) electrons. The Morgan fingerprint density at radius 2 is 1.62 bits per heavy atom. The van der Waals surface area contributed by atoms with Crippen molar-refractivity contribution in [2.75, 3.05) is 0 Å². The Kier molecular flexibility index (Phi) is 5.13. The van der Waals surface area contributed by atoms with Gasteiger partial charge in [-0.25, -0.2) is 4.57 Å². The number of benzene rings is 1. The van der Waals surface area contributed by atoms with Crippen LogP contribution in [0, 0.1) is 6.92 Å². The number of fused-ring (bicyclic) bond motifs is 3. The fourth-order valence-corrected chi connectivity index (χ4v) is 4.71. The normalized spacial score (nSPS) is 13.6. The number of nitrogens with zero attached hydrogens (tertiary/aromatic N) is 3. The Hall–Kier alpha value is -3.33. The zero-order valence-electron chi connectivity index (χ0n) is 19.5. The maximum Gasteiger partial charge on any atom is 0.210 e. The van der Waals surface area contributed by atoms with E-state index >= 15 is 0 Å². The monoisotopic (exact) mass is 421 g/mol. The summed E-state index contributed by atoms with van der Waals surface area (Å²) in [5.74, 6) is 0. The Morgan fingerprint density at radius 3 is 2.34 bits per heavy atom. The van der Waals surface area contributed by atoms with Crippen LogP contribution in [0.3, 0.4) is 0 Å². The quantitative estimate of drug-likeness (QED) is 0.377. The van der Waals surface area contributed by atoms with Gasteiger partial charge in [-0.15, -0.1) is 0 Å². The lowest BCUT2D eigenvalue weighted by Crippen LogP contribution is -2.32. The van der Waals surface area contributed by atoms with Crippen LogP contribution in [0.4, 0.5) is 0 Å². The molecular formula is C29H31N3+2. The molecule has 0 saturated heterocycles. The first kappa shape index (κ1) is 20.6. The molecule has 0 unspecified atom stereocenters. The van der Waals surface area contributed by atoms with Crippen molar-refractivity contribution < 1.29 is 9.13 Å². The second-order valence-corrected chi connectivity index (χ2v) is 9.43. The highest BCUT2D eigenvalue weighted by atomic mass is 14.9. The largest absolute Gasteiger partial charge is 0.256 e. The molecule has 5 rings (SSSR count). The molecule has 3 heterocycles. The van der Waals surface area contributed by atoms with E-state index in [2.05, 4.69) is 116 Å². The minimum absolute atomic E-state index is 0.0775. The van der Waals surface area contributed by atoms with Crippen molar-refractivity contribution in [2.24, 2.45) is 0 Å². The van der Waals surface area contributed by atoms with Crippen LogP contribution in [-0.4, -0.2) is 4.98 Å². The third kappa shape index (κ3) is 3.52. The van der Waals surface area contributed by atoms with E-state index in [-0.39, 0.29) is 5.41 Å². The highest BCUT2D eigenvalue weighted by Crippen LogP contribution is 2.48. The van der Waals surface area contributed by atoms with Crippen molar-refractivity contribution >= 4 is 0 Å². The van der Waals surface area contributed by atoms with Gasteiger partial charge < -0.3 is 0 Å². The minimum atomic E-state index is -0.0775. The molecule has 0 aliphatic heterocycles. The maximum absolute atomic E-state index is 4.85. The summed E-state index contributed by atoms with van der Waals surface area (Å²) in [5.41, 5.74) is 9.83. The molecule has 1 aromatic carbocycles. The molecule has 3 heteroatoms. The van der Waals surface area contributed by atoms with Crippen molar-refractivity contribution in [2.45, 2.75) is 52.5 Å². The predicted octanol–water partition coefficient (Wildman–Crippen LogP) is 5.73. The van der Waals surface area contributed by atoms with Crippen LogP contribution in [0.15, 0.2) is 79.5 Å². The number of pyridine rings is 3. The van der Waals surface area contributed by atoms with Crippen LogP contribution in [0.5, 0.6) is 0 Å². The molecule has 0 saturated carbocycles. The topological polar surface area (TPSA) is 20.6 Å². The molecule has 0 spiro atoms. The number of hydrogen-bond donors (Lipinski definition) is 0. The second-order valence-electron chi connectivity index (χ2n) is 9.43. The van der Waals surface area contributed by atoms with Crippen molar-refractivity contribution in [3.8, 4) is 28.1 Å². The average Bonchev–Trinajstić information content (AvgIpc) is 3.04. The highest BCUT2D eigenvalue weighted by molar-refractivity contribution is 5.81. The van der Waals surface area contributed by atoms with Crippen molar-refractivity contribution in [3.63, 3.8) is 0 Å². The summed E-state index contributed by atoms with van der Waals surface area (Å²) in [6.07, 6.45) is 13.3. The van der Waals surface area contributed by atoms with Crippen molar-refractivity contribution in [1.29, 1.82) is 0 Å². The van der Waals surface area contributed by atoms with Crippen LogP contribution in [0.1, 0.15) is 50.3 Å². The third-order valence-corrected chi connectivity index (χ3v) is 6.79. The van der Waals surface area contributed by atoms with Gasteiger partial charge >= 0.3 is 0 Å². The van der Waals surface area contributed by atoms with Gasteiger partial charge in [0.05, 0.1) is 5.69 Å². The standard InChI is InChI=1S/C29H31N3/c1-5-6-14-31-15-11-22(12-16-31)28-18-26-25(19-30-28)24-13-17-32(20-27(24)29(26,3)4)23-9-7-21(2)8-10-23/h7-13,15-20H,5-6,14H2,1-4H3/q+2. The zero-order valence-corrected chi connectivity index (χ0v) is 19.5. The second kappa shape index (κ2) is 7.98. The Labute approximate surface area is 191 Å². The van der Waals surface area contributed by atoms with E-state index in [0.717, 1.165) is 12.2 Å². The van der Waals surface area contributed by atoms with E-state index in [0.29, 0.717) is 0 Å². The summed E-state index contributed by atoms with van der Waals surface area (Å²) in [4.78, 5) is 4.85. The molecule has 0 fully saturated rings. The van der Waals surface area contributed by atoms with Gasteiger partial charge in [-0.05, 0) is 24.1 Å². The molecular weight excluding hydrogens is 390 g/mol. The first-order valence-corrected chi connectivity index (χ1v) is 11.6. The molecule has 1 aliphatic carbocycles. The Morgan fingerprint density at radius 1 is 0.875 bits per heavy atom. The van der Waals surface area contributed by atoms with Gasteiger partial charge in [-0.1, -0.05) is 44.9 Å². The number of unbranched alkanes of at least 4 members (excludes halogenated alkanes) is 1. The van der Waals surface area contributed by atoms with Gasteiger partial charge in [0.2, 0.25) is 5.69 Å². The lowest BCUT2D eigenvalue weighted by atomic mass is 9.83. The van der Waals surface area contributed by atoms with Crippen LogP contribution in [0.2, 0.25) is 0 Å². The minimum Gasteiger partial charge on any atom is -0.256 e. The molecule has 0 bridgehead atoms. The smallest absolute Gasteiger partial charge is 0.210 e. The van der Waals surface area contributed by atoms with Crippen LogP contribution >= 0.6 is 0 Å². The molecule has 160 valence electrons. The van der Waals surface area contributed by atoms with E-state index in [1.165, 1.54) is 51.9 Å². The molecule has 3 aromatic heterocycles. The molecule has 1 aliphatic rings. The SMILES string of the molecule is CCCC[n+]1ccc(-c2cc3c(cn2)-c2cc[n+](-c4ccc(C)cc4)cc2C3(C)C)cc1. The Balaban J connectivity index is 1.51. The number of rotatable bonds is 5. The van der Waals surface area contributed by atoms with E-state index in [4.69, 9.17) is 4.98 Å². The molecule has 4 aromatic rings.